The molecule has 2 aromatic rings. The van der Waals surface area contributed by atoms with Crippen LogP contribution in [0.2, 0.25) is 0 Å². The van der Waals surface area contributed by atoms with Gasteiger partial charge in [0.15, 0.2) is 0 Å². The highest BCUT2D eigenvalue weighted by Gasteiger charge is 2.36. The first-order valence-electron chi connectivity index (χ1n) is 10.2. The molecule has 0 saturated carbocycles. The molecule has 0 spiro atoms. The quantitative estimate of drug-likeness (QED) is 0.786. The molecule has 0 aromatic heterocycles. The number of rotatable bonds is 4. The van der Waals surface area contributed by atoms with Crippen molar-refractivity contribution in [3.8, 4) is 0 Å². The smallest absolute Gasteiger partial charge is 0.222 e. The van der Waals surface area contributed by atoms with Crippen molar-refractivity contribution in [2.45, 2.75) is 25.3 Å². The van der Waals surface area contributed by atoms with Crippen molar-refractivity contribution in [2.75, 3.05) is 37.7 Å². The highest BCUT2D eigenvalue weighted by molar-refractivity contribution is 5.76. The van der Waals surface area contributed by atoms with Gasteiger partial charge in [0.05, 0.1) is 13.2 Å². The molecule has 2 saturated heterocycles. The Kier molecular flexibility index (Phi) is 6.09. The highest BCUT2D eigenvalue weighted by atomic mass is 19.1. The Morgan fingerprint density at radius 3 is 2.69 bits per heavy atom. The average Bonchev–Trinajstić information content (AvgIpc) is 2.95. The number of amides is 1. The molecule has 6 heteroatoms. The zero-order valence-electron chi connectivity index (χ0n) is 16.4. The van der Waals surface area contributed by atoms with Gasteiger partial charge in [0.2, 0.25) is 5.91 Å². The van der Waals surface area contributed by atoms with Crippen molar-refractivity contribution in [3.05, 3.63) is 65.7 Å². The topological polar surface area (TPSA) is 32.8 Å². The maximum absolute atomic E-state index is 13.7. The van der Waals surface area contributed by atoms with Crippen LogP contribution in [0.3, 0.4) is 0 Å². The highest BCUT2D eigenvalue weighted by Crippen LogP contribution is 2.30. The van der Waals surface area contributed by atoms with Crippen molar-refractivity contribution in [1.82, 2.24) is 4.90 Å². The van der Waals surface area contributed by atoms with E-state index in [-0.39, 0.29) is 29.5 Å². The third-order valence-corrected chi connectivity index (χ3v) is 5.94. The van der Waals surface area contributed by atoms with E-state index >= 15 is 0 Å². The molecule has 29 heavy (non-hydrogen) atoms. The average molecular weight is 400 g/mol. The van der Waals surface area contributed by atoms with E-state index in [2.05, 4.69) is 4.90 Å². The number of halogens is 2. The molecular weight excluding hydrogens is 374 g/mol. The van der Waals surface area contributed by atoms with Gasteiger partial charge in [0.1, 0.15) is 11.6 Å². The molecule has 2 heterocycles. The third-order valence-electron chi connectivity index (χ3n) is 5.94. The predicted molar refractivity (Wildman–Crippen MR) is 108 cm³/mol. The number of nitrogens with zero attached hydrogens (tertiary/aromatic N) is 2. The SMILES string of the molecule is O=C(CCc1ccc(F)cc1)N1CC[C@H]2[C@@H](COCCN2c2cccc(F)c2)C1. The molecule has 0 radical (unpaired) electrons. The summed E-state index contributed by atoms with van der Waals surface area (Å²) >= 11 is 0. The molecule has 1 amide bonds. The van der Waals surface area contributed by atoms with Crippen LogP contribution in [0, 0.1) is 17.6 Å². The zero-order valence-corrected chi connectivity index (χ0v) is 16.4. The minimum Gasteiger partial charge on any atom is -0.379 e. The second-order valence-electron chi connectivity index (χ2n) is 7.83. The van der Waals surface area contributed by atoms with E-state index in [4.69, 9.17) is 4.74 Å². The van der Waals surface area contributed by atoms with Crippen LogP contribution in [0.1, 0.15) is 18.4 Å². The van der Waals surface area contributed by atoms with E-state index in [9.17, 15) is 13.6 Å². The number of likely N-dealkylation sites (tertiary alicyclic amines) is 1. The van der Waals surface area contributed by atoms with E-state index in [0.717, 1.165) is 24.2 Å². The maximum atomic E-state index is 13.7. The summed E-state index contributed by atoms with van der Waals surface area (Å²) in [5.41, 5.74) is 1.84. The molecule has 0 N–H and O–H groups in total. The van der Waals surface area contributed by atoms with Crippen LogP contribution < -0.4 is 4.90 Å². The summed E-state index contributed by atoms with van der Waals surface area (Å²) in [7, 11) is 0. The van der Waals surface area contributed by atoms with E-state index in [1.807, 2.05) is 11.0 Å². The van der Waals surface area contributed by atoms with Gasteiger partial charge in [-0.15, -0.1) is 0 Å². The Labute approximate surface area is 170 Å². The molecule has 2 aromatic carbocycles. The van der Waals surface area contributed by atoms with E-state index in [0.29, 0.717) is 39.1 Å². The number of aryl methyl sites for hydroxylation is 1. The number of fused-ring (bicyclic) bond motifs is 1. The molecule has 2 aliphatic rings. The Hall–Kier alpha value is -2.47. The number of benzene rings is 2. The molecule has 4 rings (SSSR count). The fourth-order valence-corrected chi connectivity index (χ4v) is 4.42. The Morgan fingerprint density at radius 1 is 1.07 bits per heavy atom. The maximum Gasteiger partial charge on any atom is 0.222 e. The molecular formula is C23H26F2N2O2. The van der Waals surface area contributed by atoms with Gasteiger partial charge in [-0.05, 0) is 48.7 Å². The first-order chi connectivity index (χ1) is 14.1. The lowest BCUT2D eigenvalue weighted by molar-refractivity contribution is -0.133. The first kappa shape index (κ1) is 19.8. The van der Waals surface area contributed by atoms with Crippen LogP contribution >= 0.6 is 0 Å². The van der Waals surface area contributed by atoms with Crippen molar-refractivity contribution in [2.24, 2.45) is 5.92 Å². The van der Waals surface area contributed by atoms with Crippen molar-refractivity contribution < 1.29 is 18.3 Å². The summed E-state index contributed by atoms with van der Waals surface area (Å²) in [5.74, 6) is -0.186. The molecule has 0 unspecified atom stereocenters. The number of piperidine rings is 1. The monoisotopic (exact) mass is 400 g/mol. The summed E-state index contributed by atoms with van der Waals surface area (Å²) in [5, 5.41) is 0. The van der Waals surface area contributed by atoms with Crippen LogP contribution in [-0.4, -0.2) is 49.7 Å². The predicted octanol–water partition coefficient (Wildman–Crippen LogP) is 3.65. The summed E-state index contributed by atoms with van der Waals surface area (Å²) in [6.45, 7) is 3.28. The Bertz CT molecular complexity index is 843. The number of carbonyl (C=O) groups excluding carboxylic acids is 1. The molecule has 154 valence electrons. The largest absolute Gasteiger partial charge is 0.379 e. The lowest BCUT2D eigenvalue weighted by atomic mass is 9.90. The lowest BCUT2D eigenvalue weighted by Crippen LogP contribution is -2.53. The van der Waals surface area contributed by atoms with E-state index < -0.39 is 0 Å². The molecule has 0 bridgehead atoms. The number of ether oxygens (including phenoxy) is 1. The first-order valence-corrected chi connectivity index (χ1v) is 10.2. The number of hydrogen-bond acceptors (Lipinski definition) is 3. The van der Waals surface area contributed by atoms with Gasteiger partial charge in [-0.2, -0.15) is 0 Å². The summed E-state index contributed by atoms with van der Waals surface area (Å²) in [4.78, 5) is 16.9. The summed E-state index contributed by atoms with van der Waals surface area (Å²) in [6, 6.07) is 13.2. The van der Waals surface area contributed by atoms with Crippen LogP contribution in [0.4, 0.5) is 14.5 Å². The fraction of sp³-hybridized carbons (Fsp3) is 0.435. The minimum atomic E-state index is -0.265. The van der Waals surface area contributed by atoms with E-state index in [1.165, 1.54) is 18.2 Å². The van der Waals surface area contributed by atoms with Gasteiger partial charge >= 0.3 is 0 Å². The zero-order chi connectivity index (χ0) is 20.2. The molecule has 2 atom stereocenters. The normalized spacial score (nSPS) is 22.1. The van der Waals surface area contributed by atoms with Crippen LogP contribution in [0.15, 0.2) is 48.5 Å². The summed E-state index contributed by atoms with van der Waals surface area (Å²) in [6.07, 6.45) is 1.86. The fourth-order valence-electron chi connectivity index (χ4n) is 4.42. The lowest BCUT2D eigenvalue weighted by Gasteiger charge is -2.43. The van der Waals surface area contributed by atoms with Crippen LogP contribution in [0.25, 0.3) is 0 Å². The Morgan fingerprint density at radius 2 is 1.90 bits per heavy atom. The summed E-state index contributed by atoms with van der Waals surface area (Å²) < 4.78 is 32.6. The van der Waals surface area contributed by atoms with Gasteiger partial charge in [-0.3, -0.25) is 4.79 Å². The minimum absolute atomic E-state index is 0.120. The van der Waals surface area contributed by atoms with Gasteiger partial charge in [-0.25, -0.2) is 8.78 Å². The van der Waals surface area contributed by atoms with Gasteiger partial charge in [0.25, 0.3) is 0 Å². The molecule has 4 nitrogen and oxygen atoms in total. The van der Waals surface area contributed by atoms with Gasteiger partial charge in [-0.1, -0.05) is 18.2 Å². The van der Waals surface area contributed by atoms with Crippen molar-refractivity contribution >= 4 is 11.6 Å². The number of hydrogen-bond donors (Lipinski definition) is 0. The van der Waals surface area contributed by atoms with Crippen molar-refractivity contribution in [1.29, 1.82) is 0 Å². The standard InChI is InChI=1S/C23H26F2N2O2/c24-19-7-4-17(5-8-19)6-9-23(28)26-11-10-22-18(15-26)16-29-13-12-27(22)21-3-1-2-20(25)14-21/h1-5,7-8,14,18,22H,6,9-13,15-16H2/t18-,22+/m1/s1. The van der Waals surface area contributed by atoms with Gasteiger partial charge in [0, 0.05) is 43.7 Å². The van der Waals surface area contributed by atoms with Crippen molar-refractivity contribution in [3.63, 3.8) is 0 Å². The molecule has 2 fully saturated rings. The number of carbonyl (C=O) groups is 1. The third kappa shape index (κ3) is 4.75. The second-order valence-corrected chi connectivity index (χ2v) is 7.83. The molecule has 0 aliphatic carbocycles. The second kappa shape index (κ2) is 8.91. The Balaban J connectivity index is 1.39. The van der Waals surface area contributed by atoms with Gasteiger partial charge < -0.3 is 14.5 Å². The van der Waals surface area contributed by atoms with Crippen LogP contribution in [-0.2, 0) is 16.0 Å². The number of anilines is 1. The molecule has 2 aliphatic heterocycles. The van der Waals surface area contributed by atoms with E-state index in [1.54, 1.807) is 24.3 Å². The van der Waals surface area contributed by atoms with Crippen LogP contribution in [0.5, 0.6) is 0 Å².